The number of hydrogen-bond acceptors (Lipinski definition) is 0. The summed E-state index contributed by atoms with van der Waals surface area (Å²) in [7, 11) is 0. The molecule has 0 aliphatic heterocycles. The van der Waals surface area contributed by atoms with Crippen molar-refractivity contribution in [1.82, 2.24) is 0 Å². The molecule has 0 radical (unpaired) electrons. The molecule has 0 bridgehead atoms. The molecule has 4 rings (SSSR count). The van der Waals surface area contributed by atoms with Crippen LogP contribution >= 0.6 is 0 Å². The van der Waals surface area contributed by atoms with Crippen molar-refractivity contribution in [3.05, 3.63) is 71.5 Å². The Morgan fingerprint density at radius 3 is 2.57 bits per heavy atom. The zero-order chi connectivity index (χ0) is 14.2. The van der Waals surface area contributed by atoms with E-state index in [9.17, 15) is 4.39 Å². The highest BCUT2D eigenvalue weighted by molar-refractivity contribution is 5.99. The predicted molar refractivity (Wildman–Crippen MR) is 86.0 cm³/mol. The molecule has 0 saturated carbocycles. The third-order valence-corrected chi connectivity index (χ3v) is 4.49. The molecule has 1 heteroatoms. The second kappa shape index (κ2) is 5.00. The first-order valence-electron chi connectivity index (χ1n) is 7.62. The van der Waals surface area contributed by atoms with Crippen molar-refractivity contribution >= 4 is 10.8 Å². The largest absolute Gasteiger partial charge is 0.207 e. The zero-order valence-corrected chi connectivity index (χ0v) is 11.9. The van der Waals surface area contributed by atoms with Gasteiger partial charge in [0.15, 0.2) is 0 Å². The Morgan fingerprint density at radius 2 is 1.67 bits per heavy atom. The fourth-order valence-electron chi connectivity index (χ4n) is 3.55. The van der Waals surface area contributed by atoms with Crippen LogP contribution in [0.2, 0.25) is 0 Å². The number of benzene rings is 3. The van der Waals surface area contributed by atoms with E-state index in [1.165, 1.54) is 46.4 Å². The Labute approximate surface area is 124 Å². The predicted octanol–water partition coefficient (Wildman–Crippen LogP) is 5.52. The highest BCUT2D eigenvalue weighted by Gasteiger charge is 2.17. The maximum absolute atomic E-state index is 13.7. The average Bonchev–Trinajstić information content (AvgIpc) is 2.52. The fraction of sp³-hybridized carbons (Fsp3) is 0.200. The molecule has 0 amide bonds. The lowest BCUT2D eigenvalue weighted by molar-refractivity contribution is 0.628. The lowest BCUT2D eigenvalue weighted by Crippen LogP contribution is -2.05. The van der Waals surface area contributed by atoms with Crippen molar-refractivity contribution in [2.24, 2.45) is 0 Å². The highest BCUT2D eigenvalue weighted by Crippen LogP contribution is 2.38. The normalized spacial score (nSPS) is 14.1. The molecule has 0 spiro atoms. The standard InChI is InChI=1S/C20H17F/c21-17-9-5-8-16(13-17)20-18-10-3-1-6-14(18)12-15-7-2-4-11-19(15)20/h1,3,5-6,8-10,12-13H,2,4,7,11H2. The molecule has 3 aromatic rings. The van der Waals surface area contributed by atoms with Gasteiger partial charge in [-0.05, 0) is 70.8 Å². The third-order valence-electron chi connectivity index (χ3n) is 4.49. The summed E-state index contributed by atoms with van der Waals surface area (Å²) in [6, 6.07) is 17.8. The molecular weight excluding hydrogens is 259 g/mol. The van der Waals surface area contributed by atoms with Gasteiger partial charge in [-0.1, -0.05) is 42.5 Å². The average molecular weight is 276 g/mol. The van der Waals surface area contributed by atoms with E-state index in [1.54, 1.807) is 6.07 Å². The van der Waals surface area contributed by atoms with Crippen LogP contribution < -0.4 is 0 Å². The molecule has 0 heterocycles. The topological polar surface area (TPSA) is 0 Å². The number of halogens is 1. The Hall–Kier alpha value is -2.15. The van der Waals surface area contributed by atoms with E-state index >= 15 is 0 Å². The Bertz CT molecular complexity index is 817. The molecule has 0 aromatic heterocycles. The zero-order valence-electron chi connectivity index (χ0n) is 11.9. The van der Waals surface area contributed by atoms with Gasteiger partial charge in [-0.2, -0.15) is 0 Å². The summed E-state index contributed by atoms with van der Waals surface area (Å²) in [5, 5.41) is 2.50. The number of aryl methyl sites for hydroxylation is 1. The Balaban J connectivity index is 2.09. The van der Waals surface area contributed by atoms with Crippen LogP contribution in [0.25, 0.3) is 21.9 Å². The van der Waals surface area contributed by atoms with E-state index in [-0.39, 0.29) is 5.82 Å². The minimum Gasteiger partial charge on any atom is -0.207 e. The first kappa shape index (κ1) is 12.6. The lowest BCUT2D eigenvalue weighted by atomic mass is 9.83. The van der Waals surface area contributed by atoms with Gasteiger partial charge < -0.3 is 0 Å². The van der Waals surface area contributed by atoms with Crippen molar-refractivity contribution in [3.63, 3.8) is 0 Å². The van der Waals surface area contributed by atoms with Crippen LogP contribution in [0.3, 0.4) is 0 Å². The van der Waals surface area contributed by atoms with Gasteiger partial charge in [0.25, 0.3) is 0 Å². The second-order valence-electron chi connectivity index (χ2n) is 5.83. The van der Waals surface area contributed by atoms with Gasteiger partial charge in [-0.15, -0.1) is 0 Å². The maximum Gasteiger partial charge on any atom is 0.123 e. The van der Waals surface area contributed by atoms with Crippen LogP contribution in [0.15, 0.2) is 54.6 Å². The molecule has 0 atom stereocenters. The summed E-state index contributed by atoms with van der Waals surface area (Å²) in [5.74, 6) is -0.162. The number of fused-ring (bicyclic) bond motifs is 2. The molecular formula is C20H17F. The van der Waals surface area contributed by atoms with E-state index in [1.807, 2.05) is 12.1 Å². The number of rotatable bonds is 1. The first-order valence-corrected chi connectivity index (χ1v) is 7.62. The second-order valence-corrected chi connectivity index (χ2v) is 5.83. The Kier molecular flexibility index (Phi) is 2.99. The van der Waals surface area contributed by atoms with Crippen molar-refractivity contribution in [2.75, 3.05) is 0 Å². The van der Waals surface area contributed by atoms with E-state index in [0.717, 1.165) is 18.4 Å². The summed E-state index contributed by atoms with van der Waals surface area (Å²) in [4.78, 5) is 0. The van der Waals surface area contributed by atoms with Crippen molar-refractivity contribution in [3.8, 4) is 11.1 Å². The molecule has 0 fully saturated rings. The molecule has 1 aliphatic rings. The van der Waals surface area contributed by atoms with E-state index in [0.29, 0.717) is 0 Å². The minimum absolute atomic E-state index is 0.162. The van der Waals surface area contributed by atoms with Gasteiger partial charge in [0.2, 0.25) is 0 Å². The molecule has 104 valence electrons. The molecule has 1 aliphatic carbocycles. The molecule has 0 saturated heterocycles. The minimum atomic E-state index is -0.162. The molecule has 0 unspecified atom stereocenters. The quantitative estimate of drug-likeness (QED) is 0.548. The van der Waals surface area contributed by atoms with Crippen LogP contribution in [-0.4, -0.2) is 0 Å². The summed E-state index contributed by atoms with van der Waals surface area (Å²) in [6.07, 6.45) is 4.73. The number of hydrogen-bond donors (Lipinski definition) is 0. The monoisotopic (exact) mass is 276 g/mol. The van der Waals surface area contributed by atoms with Crippen LogP contribution in [0, 0.1) is 5.82 Å². The Morgan fingerprint density at radius 1 is 0.810 bits per heavy atom. The maximum atomic E-state index is 13.7. The van der Waals surface area contributed by atoms with Crippen LogP contribution in [0.1, 0.15) is 24.0 Å². The summed E-state index contributed by atoms with van der Waals surface area (Å²) in [6.45, 7) is 0. The third kappa shape index (κ3) is 2.13. The van der Waals surface area contributed by atoms with Gasteiger partial charge in [0.05, 0.1) is 0 Å². The lowest BCUT2D eigenvalue weighted by Gasteiger charge is -2.22. The van der Waals surface area contributed by atoms with Gasteiger partial charge in [0.1, 0.15) is 5.82 Å². The van der Waals surface area contributed by atoms with E-state index in [2.05, 4.69) is 30.3 Å². The van der Waals surface area contributed by atoms with Crippen molar-refractivity contribution in [1.29, 1.82) is 0 Å². The van der Waals surface area contributed by atoms with E-state index in [4.69, 9.17) is 0 Å². The fourth-order valence-corrected chi connectivity index (χ4v) is 3.55. The molecule has 3 aromatic carbocycles. The summed E-state index contributed by atoms with van der Waals surface area (Å²) < 4.78 is 13.7. The van der Waals surface area contributed by atoms with Crippen molar-refractivity contribution in [2.45, 2.75) is 25.7 Å². The van der Waals surface area contributed by atoms with Gasteiger partial charge in [-0.3, -0.25) is 0 Å². The molecule has 21 heavy (non-hydrogen) atoms. The van der Waals surface area contributed by atoms with Crippen LogP contribution in [0.4, 0.5) is 4.39 Å². The molecule has 0 N–H and O–H groups in total. The van der Waals surface area contributed by atoms with Crippen molar-refractivity contribution < 1.29 is 4.39 Å². The SMILES string of the molecule is Fc1cccc(-c2c3c(cc4ccccc24)CCCC3)c1. The van der Waals surface area contributed by atoms with Crippen LogP contribution in [0.5, 0.6) is 0 Å². The first-order chi connectivity index (χ1) is 10.3. The van der Waals surface area contributed by atoms with Gasteiger partial charge >= 0.3 is 0 Å². The summed E-state index contributed by atoms with van der Waals surface area (Å²) in [5.41, 5.74) is 5.11. The van der Waals surface area contributed by atoms with Gasteiger partial charge in [0, 0.05) is 0 Å². The van der Waals surface area contributed by atoms with Gasteiger partial charge in [-0.25, -0.2) is 4.39 Å². The van der Waals surface area contributed by atoms with E-state index < -0.39 is 0 Å². The smallest absolute Gasteiger partial charge is 0.123 e. The molecule has 0 nitrogen and oxygen atoms in total. The highest BCUT2D eigenvalue weighted by atomic mass is 19.1. The summed E-state index contributed by atoms with van der Waals surface area (Å²) >= 11 is 0. The van der Waals surface area contributed by atoms with Crippen LogP contribution in [-0.2, 0) is 12.8 Å².